The zero-order valence-electron chi connectivity index (χ0n) is 10.4. The molecule has 6 heteroatoms. The fourth-order valence-electron chi connectivity index (χ4n) is 1.64. The molecule has 2 aromatic heterocycles. The van der Waals surface area contributed by atoms with Gasteiger partial charge in [-0.05, 0) is 26.0 Å². The van der Waals surface area contributed by atoms with E-state index in [9.17, 15) is 4.79 Å². The Morgan fingerprint density at radius 2 is 2.44 bits per heavy atom. The molecule has 1 atom stereocenters. The summed E-state index contributed by atoms with van der Waals surface area (Å²) in [6, 6.07) is 3.59. The molecule has 0 fully saturated rings. The molecule has 18 heavy (non-hydrogen) atoms. The van der Waals surface area contributed by atoms with Crippen LogP contribution in [0, 0.1) is 6.92 Å². The molecule has 2 heterocycles. The van der Waals surface area contributed by atoms with E-state index in [1.54, 1.807) is 16.9 Å². The molecule has 0 aliphatic heterocycles. The van der Waals surface area contributed by atoms with Crippen molar-refractivity contribution in [2.45, 2.75) is 26.4 Å². The van der Waals surface area contributed by atoms with Gasteiger partial charge in [-0.25, -0.2) is 0 Å². The van der Waals surface area contributed by atoms with Crippen LogP contribution >= 0.6 is 11.3 Å². The van der Waals surface area contributed by atoms with Crippen molar-refractivity contribution in [2.24, 2.45) is 0 Å². The fourth-order valence-corrected chi connectivity index (χ4v) is 2.48. The zero-order chi connectivity index (χ0) is 13.1. The van der Waals surface area contributed by atoms with E-state index in [4.69, 9.17) is 5.73 Å². The standard InChI is InChI=1S/C12H16N4OS/c1-8(7-16-5-3-4-14-16)15-12(17)11-6-10(13)9(2)18-11/h3-6,8H,7,13H2,1-2H3,(H,15,17). The van der Waals surface area contributed by atoms with Crippen LogP contribution in [0.1, 0.15) is 21.5 Å². The largest absolute Gasteiger partial charge is 0.398 e. The van der Waals surface area contributed by atoms with Crippen LogP contribution < -0.4 is 11.1 Å². The number of aryl methyl sites for hydroxylation is 1. The minimum atomic E-state index is -0.0838. The number of rotatable bonds is 4. The highest BCUT2D eigenvalue weighted by Gasteiger charge is 2.13. The van der Waals surface area contributed by atoms with Gasteiger partial charge in [0.05, 0.1) is 11.4 Å². The van der Waals surface area contributed by atoms with Gasteiger partial charge in [-0.15, -0.1) is 11.3 Å². The van der Waals surface area contributed by atoms with E-state index in [-0.39, 0.29) is 11.9 Å². The first-order valence-electron chi connectivity index (χ1n) is 5.70. The second-order valence-corrected chi connectivity index (χ2v) is 5.48. The summed E-state index contributed by atoms with van der Waals surface area (Å²) in [4.78, 5) is 13.6. The molecule has 0 bridgehead atoms. The van der Waals surface area contributed by atoms with Gasteiger partial charge in [0.25, 0.3) is 5.91 Å². The van der Waals surface area contributed by atoms with Crippen molar-refractivity contribution >= 4 is 22.9 Å². The Bertz CT molecular complexity index is 513. The van der Waals surface area contributed by atoms with Gasteiger partial charge in [-0.3, -0.25) is 9.48 Å². The monoisotopic (exact) mass is 264 g/mol. The van der Waals surface area contributed by atoms with E-state index < -0.39 is 0 Å². The number of nitrogens with one attached hydrogen (secondary N) is 1. The lowest BCUT2D eigenvalue weighted by Gasteiger charge is -2.13. The Morgan fingerprint density at radius 3 is 3.00 bits per heavy atom. The van der Waals surface area contributed by atoms with Gasteiger partial charge < -0.3 is 11.1 Å². The Kier molecular flexibility index (Phi) is 3.66. The Balaban J connectivity index is 1.94. The minimum Gasteiger partial charge on any atom is -0.398 e. The first kappa shape index (κ1) is 12.6. The highest BCUT2D eigenvalue weighted by Crippen LogP contribution is 2.23. The summed E-state index contributed by atoms with van der Waals surface area (Å²) in [5.41, 5.74) is 6.41. The number of amides is 1. The van der Waals surface area contributed by atoms with E-state index in [0.29, 0.717) is 17.1 Å². The van der Waals surface area contributed by atoms with E-state index in [1.165, 1.54) is 11.3 Å². The predicted molar refractivity (Wildman–Crippen MR) is 72.6 cm³/mol. The Labute approximate surface area is 110 Å². The molecule has 1 unspecified atom stereocenters. The summed E-state index contributed by atoms with van der Waals surface area (Å²) in [7, 11) is 0. The van der Waals surface area contributed by atoms with E-state index in [1.807, 2.05) is 26.1 Å². The second-order valence-electron chi connectivity index (χ2n) is 4.22. The third-order valence-corrected chi connectivity index (χ3v) is 3.64. The molecule has 0 aliphatic carbocycles. The number of carbonyl (C=O) groups is 1. The third kappa shape index (κ3) is 2.89. The molecule has 2 rings (SSSR count). The van der Waals surface area contributed by atoms with Crippen LogP contribution in [0.3, 0.4) is 0 Å². The molecule has 0 saturated carbocycles. The van der Waals surface area contributed by atoms with Gasteiger partial charge in [0, 0.05) is 29.0 Å². The number of nitrogens with two attached hydrogens (primary N) is 1. The molecule has 0 aliphatic rings. The molecular weight excluding hydrogens is 248 g/mol. The SMILES string of the molecule is Cc1sc(C(=O)NC(C)Cn2cccn2)cc1N. The zero-order valence-corrected chi connectivity index (χ0v) is 11.2. The van der Waals surface area contributed by atoms with Gasteiger partial charge in [-0.2, -0.15) is 5.10 Å². The highest BCUT2D eigenvalue weighted by atomic mass is 32.1. The Hall–Kier alpha value is -1.82. The first-order chi connectivity index (χ1) is 8.56. The molecule has 3 N–H and O–H groups in total. The number of carbonyl (C=O) groups excluding carboxylic acids is 1. The van der Waals surface area contributed by atoms with Gasteiger partial charge >= 0.3 is 0 Å². The molecule has 0 saturated heterocycles. The maximum atomic E-state index is 12.0. The number of thiophene rings is 1. The summed E-state index contributed by atoms with van der Waals surface area (Å²) in [5, 5.41) is 7.03. The Morgan fingerprint density at radius 1 is 1.67 bits per heavy atom. The first-order valence-corrected chi connectivity index (χ1v) is 6.52. The fraction of sp³-hybridized carbons (Fsp3) is 0.333. The summed E-state index contributed by atoms with van der Waals surface area (Å²) >= 11 is 1.41. The lowest BCUT2D eigenvalue weighted by Crippen LogP contribution is -2.35. The van der Waals surface area contributed by atoms with Gasteiger partial charge in [0.2, 0.25) is 0 Å². The van der Waals surface area contributed by atoms with E-state index >= 15 is 0 Å². The van der Waals surface area contributed by atoms with Crippen LogP contribution in [-0.2, 0) is 6.54 Å². The van der Waals surface area contributed by atoms with Gasteiger partial charge in [0.15, 0.2) is 0 Å². The number of hydrogen-bond acceptors (Lipinski definition) is 4. The summed E-state index contributed by atoms with van der Waals surface area (Å²) < 4.78 is 1.79. The molecule has 0 radical (unpaired) electrons. The summed E-state index contributed by atoms with van der Waals surface area (Å²) in [6.07, 6.45) is 3.59. The third-order valence-electron chi connectivity index (χ3n) is 2.58. The van der Waals surface area contributed by atoms with Gasteiger partial charge in [0.1, 0.15) is 0 Å². The van der Waals surface area contributed by atoms with Crippen molar-refractivity contribution in [1.29, 1.82) is 0 Å². The average Bonchev–Trinajstić information content (AvgIpc) is 2.90. The van der Waals surface area contributed by atoms with E-state index in [0.717, 1.165) is 4.88 Å². The van der Waals surface area contributed by atoms with Crippen LogP contribution in [0.15, 0.2) is 24.5 Å². The number of anilines is 1. The lowest BCUT2D eigenvalue weighted by atomic mass is 10.3. The van der Waals surface area contributed by atoms with Crippen LogP contribution in [-0.4, -0.2) is 21.7 Å². The van der Waals surface area contributed by atoms with Gasteiger partial charge in [-0.1, -0.05) is 0 Å². The number of nitrogen functional groups attached to an aromatic ring is 1. The maximum Gasteiger partial charge on any atom is 0.261 e. The number of hydrogen-bond donors (Lipinski definition) is 2. The molecule has 2 aromatic rings. The second kappa shape index (κ2) is 5.22. The van der Waals surface area contributed by atoms with Crippen LogP contribution in [0.5, 0.6) is 0 Å². The molecule has 0 aromatic carbocycles. The van der Waals surface area contributed by atoms with Crippen LogP contribution in [0.2, 0.25) is 0 Å². The van der Waals surface area contributed by atoms with Crippen molar-refractivity contribution in [3.05, 3.63) is 34.3 Å². The average molecular weight is 264 g/mol. The minimum absolute atomic E-state index is 0.0148. The van der Waals surface area contributed by atoms with Crippen LogP contribution in [0.25, 0.3) is 0 Å². The van der Waals surface area contributed by atoms with E-state index in [2.05, 4.69) is 10.4 Å². The molecule has 1 amide bonds. The number of nitrogens with zero attached hydrogens (tertiary/aromatic N) is 2. The van der Waals surface area contributed by atoms with Crippen molar-refractivity contribution in [1.82, 2.24) is 15.1 Å². The quantitative estimate of drug-likeness (QED) is 0.882. The lowest BCUT2D eigenvalue weighted by molar-refractivity contribution is 0.0940. The summed E-state index contributed by atoms with van der Waals surface area (Å²) in [5.74, 6) is -0.0838. The summed E-state index contributed by atoms with van der Waals surface area (Å²) in [6.45, 7) is 4.51. The molecule has 0 spiro atoms. The van der Waals surface area contributed by atoms with Crippen LogP contribution in [0.4, 0.5) is 5.69 Å². The maximum absolute atomic E-state index is 12.0. The van der Waals surface area contributed by atoms with Crippen molar-refractivity contribution in [3.8, 4) is 0 Å². The topological polar surface area (TPSA) is 72.9 Å². The van der Waals surface area contributed by atoms with Crippen molar-refractivity contribution < 1.29 is 4.79 Å². The van der Waals surface area contributed by atoms with Crippen molar-refractivity contribution in [2.75, 3.05) is 5.73 Å². The van der Waals surface area contributed by atoms with Crippen molar-refractivity contribution in [3.63, 3.8) is 0 Å². The smallest absolute Gasteiger partial charge is 0.261 e. The molecule has 96 valence electrons. The highest BCUT2D eigenvalue weighted by molar-refractivity contribution is 7.14. The predicted octanol–water partition coefficient (Wildman–Crippen LogP) is 1.65. The number of aromatic nitrogens is 2. The normalized spacial score (nSPS) is 12.3. The molecular formula is C12H16N4OS. The molecule has 5 nitrogen and oxygen atoms in total.